The van der Waals surface area contributed by atoms with Gasteiger partial charge in [-0.1, -0.05) is 240 Å². The SMILES string of the molecule is CC1(C)c2ccccc2-c2ccc(-c3nc4ccccc4nc3-c3ccc(-c4ccc(N(c5ccc(-c6ccccc6)cc5)c5ccc(-c6ccc(-c7nc8ccccc8nc7-c7ccc8c(c7)C(C)(C)c7ccccc7-8)cc6)cc5)cc4)cc3)cc21. The third kappa shape index (κ3) is 8.84. The standard InChI is InChI=1S/C82H59N5/c1-81(2)69-20-10-8-18-65(69)67-48-40-60(50-71(67)81)79-77(83-73-22-12-14-24-75(73)85-79)58-30-26-53(27-31-58)56-36-44-63(45-37-56)87(62-42-34-55(35-43-62)52-16-6-5-7-17-52)64-46-38-57(39-47-64)54-28-32-59(33-29-54)78-80(86-76-25-15-13-23-74(76)84-78)61-41-49-68-66-19-9-11-21-70(66)82(3,4)72(68)51-61/h5-51H,1-4H3. The van der Waals surface area contributed by atoms with E-state index in [4.69, 9.17) is 19.9 Å². The monoisotopic (exact) mass is 1110 g/mol. The molecule has 0 radical (unpaired) electrons. The van der Waals surface area contributed by atoms with Crippen LogP contribution in [0.25, 0.3) is 123 Å². The lowest BCUT2D eigenvalue weighted by atomic mass is 9.81. The first-order valence-electron chi connectivity index (χ1n) is 30.0. The summed E-state index contributed by atoms with van der Waals surface area (Å²) in [7, 11) is 0. The van der Waals surface area contributed by atoms with E-state index in [1.807, 2.05) is 24.3 Å². The van der Waals surface area contributed by atoms with E-state index in [0.717, 1.165) is 106 Å². The molecule has 0 atom stereocenters. The molecule has 412 valence electrons. The van der Waals surface area contributed by atoms with Crippen LogP contribution >= 0.6 is 0 Å². The number of nitrogens with zero attached hydrogens (tertiary/aromatic N) is 5. The molecule has 16 rings (SSSR count). The van der Waals surface area contributed by atoms with Crippen LogP contribution < -0.4 is 4.90 Å². The zero-order chi connectivity index (χ0) is 58.4. The second-order valence-electron chi connectivity index (χ2n) is 24.2. The molecule has 14 aromatic rings. The molecule has 2 aromatic heterocycles. The van der Waals surface area contributed by atoms with Crippen LogP contribution in [0.4, 0.5) is 17.1 Å². The maximum absolute atomic E-state index is 5.32. The summed E-state index contributed by atoms with van der Waals surface area (Å²) < 4.78 is 0. The molecule has 2 aliphatic carbocycles. The van der Waals surface area contributed by atoms with E-state index in [9.17, 15) is 0 Å². The topological polar surface area (TPSA) is 54.8 Å². The Morgan fingerprint density at radius 1 is 0.218 bits per heavy atom. The molecule has 5 nitrogen and oxygen atoms in total. The molecule has 0 amide bonds. The van der Waals surface area contributed by atoms with Crippen LogP contribution in [0.5, 0.6) is 0 Å². The second kappa shape index (κ2) is 20.4. The fourth-order valence-corrected chi connectivity index (χ4v) is 13.6. The van der Waals surface area contributed by atoms with Gasteiger partial charge in [0.25, 0.3) is 0 Å². The van der Waals surface area contributed by atoms with Crippen molar-refractivity contribution in [2.45, 2.75) is 38.5 Å². The quantitative estimate of drug-likeness (QED) is 0.137. The molecule has 0 N–H and O–H groups in total. The second-order valence-corrected chi connectivity index (χ2v) is 24.2. The Bertz CT molecular complexity index is 4710. The number of hydrogen-bond acceptors (Lipinski definition) is 5. The maximum atomic E-state index is 5.32. The number of rotatable bonds is 10. The summed E-state index contributed by atoms with van der Waals surface area (Å²) in [4.78, 5) is 23.6. The van der Waals surface area contributed by atoms with E-state index < -0.39 is 0 Å². The summed E-state index contributed by atoms with van der Waals surface area (Å²) in [6, 6.07) is 102. The van der Waals surface area contributed by atoms with Crippen molar-refractivity contribution in [2.75, 3.05) is 4.90 Å². The smallest absolute Gasteiger partial charge is 0.0973 e. The highest BCUT2D eigenvalue weighted by Crippen LogP contribution is 2.52. The van der Waals surface area contributed by atoms with Gasteiger partial charge in [0.1, 0.15) is 0 Å². The summed E-state index contributed by atoms with van der Waals surface area (Å²) >= 11 is 0. The normalized spacial score (nSPS) is 13.2. The van der Waals surface area contributed by atoms with Gasteiger partial charge in [0.15, 0.2) is 0 Å². The number of fused-ring (bicyclic) bond motifs is 8. The number of benzene rings is 12. The van der Waals surface area contributed by atoms with Gasteiger partial charge in [-0.05, 0) is 151 Å². The van der Waals surface area contributed by atoms with E-state index in [-0.39, 0.29) is 10.8 Å². The Morgan fingerprint density at radius 3 is 0.828 bits per heavy atom. The first-order chi connectivity index (χ1) is 42.6. The number of hydrogen-bond donors (Lipinski definition) is 0. The highest BCUT2D eigenvalue weighted by molar-refractivity contribution is 5.92. The first kappa shape index (κ1) is 51.7. The van der Waals surface area contributed by atoms with E-state index in [0.29, 0.717) is 0 Å². The zero-order valence-electron chi connectivity index (χ0n) is 48.9. The highest BCUT2D eigenvalue weighted by Gasteiger charge is 2.37. The van der Waals surface area contributed by atoms with Gasteiger partial charge < -0.3 is 4.90 Å². The van der Waals surface area contributed by atoms with Gasteiger partial charge in [0, 0.05) is 50.1 Å². The van der Waals surface area contributed by atoms with Crippen molar-refractivity contribution in [2.24, 2.45) is 0 Å². The van der Waals surface area contributed by atoms with Crippen molar-refractivity contribution in [3.63, 3.8) is 0 Å². The molecule has 2 heterocycles. The summed E-state index contributed by atoms with van der Waals surface area (Å²) in [6.45, 7) is 9.30. The summed E-state index contributed by atoms with van der Waals surface area (Å²) in [5, 5.41) is 0. The minimum atomic E-state index is -0.132. The van der Waals surface area contributed by atoms with Crippen LogP contribution in [-0.2, 0) is 10.8 Å². The van der Waals surface area contributed by atoms with Crippen molar-refractivity contribution in [3.05, 3.63) is 307 Å². The molecule has 0 bridgehead atoms. The Morgan fingerprint density at radius 2 is 0.471 bits per heavy atom. The fraction of sp³-hybridized carbons (Fsp3) is 0.0732. The van der Waals surface area contributed by atoms with Crippen LogP contribution in [0.15, 0.2) is 285 Å². The largest absolute Gasteiger partial charge is 0.311 e. The molecule has 0 unspecified atom stereocenters. The highest BCUT2D eigenvalue weighted by atomic mass is 15.1. The third-order valence-electron chi connectivity index (χ3n) is 18.3. The average molecular weight is 1110 g/mol. The fourth-order valence-electron chi connectivity index (χ4n) is 13.6. The summed E-state index contributed by atoms with van der Waals surface area (Å²) in [5.74, 6) is 0. The molecule has 0 aliphatic heterocycles. The lowest BCUT2D eigenvalue weighted by Gasteiger charge is -2.26. The van der Waals surface area contributed by atoms with E-state index in [1.165, 1.54) is 55.6 Å². The molecule has 0 spiro atoms. The number of anilines is 3. The first-order valence-corrected chi connectivity index (χ1v) is 30.0. The van der Waals surface area contributed by atoms with Crippen molar-refractivity contribution >= 4 is 39.1 Å². The molecule has 0 saturated heterocycles. The number of para-hydroxylation sites is 4. The van der Waals surface area contributed by atoms with Crippen LogP contribution in [0.2, 0.25) is 0 Å². The van der Waals surface area contributed by atoms with Gasteiger partial charge in [-0.3, -0.25) is 0 Å². The van der Waals surface area contributed by atoms with Crippen LogP contribution in [-0.4, -0.2) is 19.9 Å². The predicted octanol–water partition coefficient (Wildman–Crippen LogP) is 21.3. The third-order valence-corrected chi connectivity index (χ3v) is 18.3. The molecular weight excluding hydrogens is 1050 g/mol. The molecule has 12 aromatic carbocycles. The van der Waals surface area contributed by atoms with Gasteiger partial charge in [-0.25, -0.2) is 19.9 Å². The van der Waals surface area contributed by atoms with Crippen molar-refractivity contribution in [1.82, 2.24) is 19.9 Å². The Kier molecular flexibility index (Phi) is 12.2. The van der Waals surface area contributed by atoms with Crippen molar-refractivity contribution in [3.8, 4) is 101 Å². The lowest BCUT2D eigenvalue weighted by Crippen LogP contribution is -2.15. The average Bonchev–Trinajstić information content (AvgIpc) is 1.77. The van der Waals surface area contributed by atoms with E-state index >= 15 is 0 Å². The van der Waals surface area contributed by atoms with Crippen LogP contribution in [0.3, 0.4) is 0 Å². The van der Waals surface area contributed by atoms with Crippen molar-refractivity contribution in [1.29, 1.82) is 0 Å². The molecule has 0 saturated carbocycles. The van der Waals surface area contributed by atoms with Gasteiger partial charge >= 0.3 is 0 Å². The van der Waals surface area contributed by atoms with Crippen LogP contribution in [0, 0.1) is 0 Å². The molecule has 2 aliphatic rings. The number of aromatic nitrogens is 4. The van der Waals surface area contributed by atoms with Crippen molar-refractivity contribution < 1.29 is 0 Å². The molecule has 87 heavy (non-hydrogen) atoms. The van der Waals surface area contributed by atoms with E-state index in [1.54, 1.807) is 0 Å². The van der Waals surface area contributed by atoms with Gasteiger partial charge in [-0.2, -0.15) is 0 Å². The summed E-state index contributed by atoms with van der Waals surface area (Å²) in [5.41, 5.74) is 31.5. The molecule has 5 heteroatoms. The minimum absolute atomic E-state index is 0.132. The van der Waals surface area contributed by atoms with Gasteiger partial charge in [-0.15, -0.1) is 0 Å². The Labute approximate surface area is 507 Å². The maximum Gasteiger partial charge on any atom is 0.0973 e. The van der Waals surface area contributed by atoms with E-state index in [2.05, 4.69) is 293 Å². The predicted molar refractivity (Wildman–Crippen MR) is 360 cm³/mol. The molecular formula is C82H59N5. The Hall–Kier alpha value is -10.9. The Balaban J connectivity index is 0.705. The van der Waals surface area contributed by atoms with Gasteiger partial charge in [0.2, 0.25) is 0 Å². The van der Waals surface area contributed by atoms with Gasteiger partial charge in [0.05, 0.1) is 44.8 Å². The zero-order valence-corrected chi connectivity index (χ0v) is 48.9. The molecule has 0 fully saturated rings. The minimum Gasteiger partial charge on any atom is -0.311 e. The summed E-state index contributed by atoms with van der Waals surface area (Å²) in [6.07, 6.45) is 0. The lowest BCUT2D eigenvalue weighted by molar-refractivity contribution is 0.660. The van der Waals surface area contributed by atoms with Crippen LogP contribution in [0.1, 0.15) is 49.9 Å².